The van der Waals surface area contributed by atoms with Gasteiger partial charge in [-0.15, -0.1) is 0 Å². The van der Waals surface area contributed by atoms with Crippen LogP contribution in [0, 0.1) is 0 Å². The highest BCUT2D eigenvalue weighted by atomic mass is 32.1. The van der Waals surface area contributed by atoms with Gasteiger partial charge in [0.05, 0.1) is 6.20 Å². The lowest BCUT2D eigenvalue weighted by Gasteiger charge is -2.05. The van der Waals surface area contributed by atoms with Crippen molar-refractivity contribution in [3.63, 3.8) is 0 Å². The summed E-state index contributed by atoms with van der Waals surface area (Å²) in [7, 11) is 0. The molecule has 1 rings (SSSR count). The molecule has 1 aromatic rings. The minimum Gasteiger partial charge on any atom is -0.376 e. The maximum absolute atomic E-state index is 5.26. The molecule has 0 aliphatic heterocycles. The molecular weight excluding hydrogens is 198 g/mol. The number of thiocarbonyl (C=S) groups is 1. The molecule has 5 nitrogen and oxygen atoms in total. The molecule has 0 spiro atoms. The SMILES string of the molecule is NC(=S)NCCCNc1cnccn1. The van der Waals surface area contributed by atoms with E-state index in [0.29, 0.717) is 5.11 Å². The van der Waals surface area contributed by atoms with Gasteiger partial charge in [0.2, 0.25) is 0 Å². The minimum absolute atomic E-state index is 0.338. The Morgan fingerprint density at radius 3 is 2.93 bits per heavy atom. The molecular formula is C8H13N5S. The molecule has 0 aromatic carbocycles. The van der Waals surface area contributed by atoms with E-state index in [1.165, 1.54) is 0 Å². The minimum atomic E-state index is 0.338. The lowest BCUT2D eigenvalue weighted by molar-refractivity contribution is 0.804. The zero-order valence-electron chi connectivity index (χ0n) is 7.73. The maximum atomic E-state index is 5.26. The van der Waals surface area contributed by atoms with Crippen molar-refractivity contribution < 1.29 is 0 Å². The summed E-state index contributed by atoms with van der Waals surface area (Å²) in [5, 5.41) is 6.32. The zero-order valence-corrected chi connectivity index (χ0v) is 8.55. The number of rotatable bonds is 5. The van der Waals surface area contributed by atoms with E-state index < -0.39 is 0 Å². The third-order valence-electron chi connectivity index (χ3n) is 1.52. The average molecular weight is 211 g/mol. The summed E-state index contributed by atoms with van der Waals surface area (Å²) >= 11 is 4.66. The van der Waals surface area contributed by atoms with Gasteiger partial charge >= 0.3 is 0 Å². The lowest BCUT2D eigenvalue weighted by Crippen LogP contribution is -2.30. The van der Waals surface area contributed by atoms with Gasteiger partial charge in [-0.3, -0.25) is 4.98 Å². The Kier molecular flexibility index (Phi) is 4.63. The van der Waals surface area contributed by atoms with Crippen LogP contribution in [0.15, 0.2) is 18.6 Å². The fourth-order valence-electron chi connectivity index (χ4n) is 0.907. The second kappa shape index (κ2) is 6.09. The molecule has 0 unspecified atom stereocenters. The van der Waals surface area contributed by atoms with E-state index in [4.69, 9.17) is 5.73 Å². The topological polar surface area (TPSA) is 75.9 Å². The summed E-state index contributed by atoms with van der Waals surface area (Å²) in [5.74, 6) is 0.780. The molecule has 1 heterocycles. The molecule has 1 aromatic heterocycles. The summed E-state index contributed by atoms with van der Waals surface area (Å²) in [5.41, 5.74) is 5.26. The molecule has 4 N–H and O–H groups in total. The van der Waals surface area contributed by atoms with Gasteiger partial charge in [0.25, 0.3) is 0 Å². The number of nitrogens with two attached hydrogens (primary N) is 1. The largest absolute Gasteiger partial charge is 0.376 e. The average Bonchev–Trinajstić information content (AvgIpc) is 2.18. The fraction of sp³-hybridized carbons (Fsp3) is 0.375. The van der Waals surface area contributed by atoms with Crippen LogP contribution >= 0.6 is 12.2 Å². The molecule has 0 radical (unpaired) electrons. The highest BCUT2D eigenvalue weighted by molar-refractivity contribution is 7.80. The third-order valence-corrected chi connectivity index (χ3v) is 1.67. The van der Waals surface area contributed by atoms with Crippen molar-refractivity contribution in [2.75, 3.05) is 18.4 Å². The molecule has 76 valence electrons. The van der Waals surface area contributed by atoms with E-state index in [0.717, 1.165) is 25.3 Å². The van der Waals surface area contributed by atoms with Crippen LogP contribution in [0.25, 0.3) is 0 Å². The Balaban J connectivity index is 2.08. The second-order valence-corrected chi connectivity index (χ2v) is 3.10. The lowest BCUT2D eigenvalue weighted by atomic mass is 10.4. The zero-order chi connectivity index (χ0) is 10.2. The summed E-state index contributed by atoms with van der Waals surface area (Å²) in [6, 6.07) is 0. The highest BCUT2D eigenvalue weighted by Gasteiger charge is 1.91. The molecule has 0 atom stereocenters. The first-order chi connectivity index (χ1) is 6.79. The van der Waals surface area contributed by atoms with Gasteiger partial charge in [0.1, 0.15) is 5.82 Å². The first-order valence-electron chi connectivity index (χ1n) is 4.32. The summed E-state index contributed by atoms with van der Waals surface area (Å²) < 4.78 is 0. The Bertz CT molecular complexity index is 276. The van der Waals surface area contributed by atoms with Crippen molar-refractivity contribution in [3.8, 4) is 0 Å². The molecule has 6 heteroatoms. The summed E-state index contributed by atoms with van der Waals surface area (Å²) in [6.07, 6.45) is 5.89. The van der Waals surface area contributed by atoms with Crippen molar-refractivity contribution in [1.29, 1.82) is 0 Å². The van der Waals surface area contributed by atoms with Gasteiger partial charge in [0.15, 0.2) is 5.11 Å². The van der Waals surface area contributed by atoms with Crippen molar-refractivity contribution in [2.24, 2.45) is 5.73 Å². The van der Waals surface area contributed by atoms with Crippen LogP contribution in [-0.2, 0) is 0 Å². The van der Waals surface area contributed by atoms with Crippen LogP contribution in [0.3, 0.4) is 0 Å². The summed E-state index contributed by atoms with van der Waals surface area (Å²) in [6.45, 7) is 1.58. The normalized spacial score (nSPS) is 9.43. The van der Waals surface area contributed by atoms with Crippen molar-refractivity contribution in [3.05, 3.63) is 18.6 Å². The van der Waals surface area contributed by atoms with Gasteiger partial charge in [0, 0.05) is 25.5 Å². The Labute approximate surface area is 88.1 Å². The van der Waals surface area contributed by atoms with Gasteiger partial charge in [-0.05, 0) is 18.6 Å². The standard InChI is InChI=1S/C8H13N5S/c9-8(14)13-3-1-2-11-7-6-10-4-5-12-7/h4-6H,1-3H2,(H,11,12)(H3,9,13,14). The Hall–Kier alpha value is -1.43. The van der Waals surface area contributed by atoms with Gasteiger partial charge in [-0.2, -0.15) is 0 Å². The number of nitrogens with one attached hydrogen (secondary N) is 2. The van der Waals surface area contributed by atoms with E-state index in [1.54, 1.807) is 18.6 Å². The van der Waals surface area contributed by atoms with Crippen molar-refractivity contribution in [1.82, 2.24) is 15.3 Å². The van der Waals surface area contributed by atoms with E-state index in [2.05, 4.69) is 32.8 Å². The quantitative estimate of drug-likeness (QED) is 0.474. The van der Waals surface area contributed by atoms with Crippen LogP contribution in [-0.4, -0.2) is 28.2 Å². The molecule has 0 aliphatic carbocycles. The van der Waals surface area contributed by atoms with Crippen LogP contribution in [0.5, 0.6) is 0 Å². The summed E-state index contributed by atoms with van der Waals surface area (Å²) in [4.78, 5) is 8.00. The number of hydrogen-bond donors (Lipinski definition) is 3. The van der Waals surface area contributed by atoms with E-state index in [1.807, 2.05) is 0 Å². The van der Waals surface area contributed by atoms with Crippen LogP contribution in [0.4, 0.5) is 5.82 Å². The van der Waals surface area contributed by atoms with Gasteiger partial charge < -0.3 is 16.4 Å². The molecule has 0 fully saturated rings. The first kappa shape index (κ1) is 10.6. The Morgan fingerprint density at radius 2 is 2.29 bits per heavy atom. The van der Waals surface area contributed by atoms with E-state index in [-0.39, 0.29) is 0 Å². The predicted octanol–water partition coefficient (Wildman–Crippen LogP) is 0.112. The number of hydrogen-bond acceptors (Lipinski definition) is 4. The second-order valence-electron chi connectivity index (χ2n) is 2.66. The maximum Gasteiger partial charge on any atom is 0.163 e. The monoisotopic (exact) mass is 211 g/mol. The van der Waals surface area contributed by atoms with Crippen molar-refractivity contribution in [2.45, 2.75) is 6.42 Å². The van der Waals surface area contributed by atoms with Gasteiger partial charge in [-0.25, -0.2) is 4.98 Å². The number of nitrogens with zero attached hydrogens (tertiary/aromatic N) is 2. The molecule has 14 heavy (non-hydrogen) atoms. The van der Waals surface area contributed by atoms with E-state index in [9.17, 15) is 0 Å². The van der Waals surface area contributed by atoms with Crippen molar-refractivity contribution >= 4 is 23.1 Å². The molecule has 0 aliphatic rings. The number of anilines is 1. The molecule has 0 saturated carbocycles. The van der Waals surface area contributed by atoms with Crippen LogP contribution in [0.1, 0.15) is 6.42 Å². The Morgan fingerprint density at radius 1 is 1.43 bits per heavy atom. The predicted molar refractivity (Wildman–Crippen MR) is 59.9 cm³/mol. The molecule has 0 saturated heterocycles. The molecule has 0 bridgehead atoms. The van der Waals surface area contributed by atoms with Crippen LogP contribution < -0.4 is 16.4 Å². The smallest absolute Gasteiger partial charge is 0.163 e. The van der Waals surface area contributed by atoms with Crippen LogP contribution in [0.2, 0.25) is 0 Å². The first-order valence-corrected chi connectivity index (χ1v) is 4.73. The highest BCUT2D eigenvalue weighted by Crippen LogP contribution is 1.95. The van der Waals surface area contributed by atoms with E-state index >= 15 is 0 Å². The fourth-order valence-corrected chi connectivity index (χ4v) is 1.01. The molecule has 0 amide bonds. The number of aromatic nitrogens is 2. The third kappa shape index (κ3) is 4.56. The van der Waals surface area contributed by atoms with Gasteiger partial charge in [-0.1, -0.05) is 0 Å².